The van der Waals surface area contributed by atoms with E-state index in [1.54, 1.807) is 52.0 Å². The molecular formula is C23H25FO4. The number of aryl methyl sites for hydroxylation is 1. The fourth-order valence-corrected chi connectivity index (χ4v) is 3.52. The first-order chi connectivity index (χ1) is 13.0. The number of hydrogen-bond donors (Lipinski definition) is 1. The highest BCUT2D eigenvalue weighted by Crippen LogP contribution is 2.41. The Labute approximate surface area is 164 Å². The van der Waals surface area contributed by atoms with Gasteiger partial charge in [0.25, 0.3) is 0 Å². The first-order valence-electron chi connectivity index (χ1n) is 9.30. The van der Waals surface area contributed by atoms with E-state index in [2.05, 4.69) is 0 Å². The second kappa shape index (κ2) is 7.06. The molecule has 0 unspecified atom stereocenters. The zero-order valence-corrected chi connectivity index (χ0v) is 16.8. The maximum Gasteiger partial charge on any atom is 0.198 e. The van der Waals surface area contributed by atoms with Crippen molar-refractivity contribution in [2.45, 2.75) is 52.2 Å². The summed E-state index contributed by atoms with van der Waals surface area (Å²) >= 11 is 0. The molecule has 0 amide bonds. The van der Waals surface area contributed by atoms with Gasteiger partial charge in [-0.2, -0.15) is 0 Å². The topological polar surface area (TPSA) is 55.8 Å². The molecule has 2 aromatic carbocycles. The summed E-state index contributed by atoms with van der Waals surface area (Å²) in [6.45, 7) is 8.83. The summed E-state index contributed by atoms with van der Waals surface area (Å²) in [5.74, 6) is 0.0167. The van der Waals surface area contributed by atoms with E-state index in [1.165, 1.54) is 12.1 Å². The Morgan fingerprint density at radius 3 is 2.36 bits per heavy atom. The van der Waals surface area contributed by atoms with Crippen LogP contribution in [0, 0.1) is 5.82 Å². The van der Waals surface area contributed by atoms with Crippen molar-refractivity contribution in [3.8, 4) is 11.5 Å². The lowest BCUT2D eigenvalue weighted by Gasteiger charge is -2.40. The Morgan fingerprint density at radius 2 is 1.71 bits per heavy atom. The maximum atomic E-state index is 13.5. The van der Waals surface area contributed by atoms with Crippen molar-refractivity contribution in [2.24, 2.45) is 0 Å². The molecule has 0 radical (unpaired) electrons. The molecule has 1 aliphatic rings. The first-order valence-corrected chi connectivity index (χ1v) is 9.30. The van der Waals surface area contributed by atoms with Crippen molar-refractivity contribution in [2.75, 3.05) is 0 Å². The van der Waals surface area contributed by atoms with Gasteiger partial charge in [0.05, 0.1) is 5.57 Å². The van der Waals surface area contributed by atoms with Crippen LogP contribution in [0.25, 0.3) is 5.57 Å². The SMILES string of the molecule is CCc1ccc(Oc2cccc(F)c2)cc1C1=C(O)C(C)(C)OC(C)(C)C1=O. The van der Waals surface area contributed by atoms with Gasteiger partial charge in [-0.05, 0) is 69.5 Å². The Kier molecular flexibility index (Phi) is 5.06. The highest BCUT2D eigenvalue weighted by molar-refractivity contribution is 6.26. The number of aliphatic hydroxyl groups excluding tert-OH is 1. The molecule has 5 heteroatoms. The van der Waals surface area contributed by atoms with Crippen LogP contribution in [0.5, 0.6) is 11.5 Å². The molecule has 0 atom stereocenters. The first kappa shape index (κ1) is 20.1. The number of Topliss-reactive ketones (excluding diaryl/α,β-unsaturated/α-hetero) is 1. The highest BCUT2D eigenvalue weighted by Gasteiger charge is 2.47. The number of rotatable bonds is 4. The Bertz CT molecular complexity index is 957. The van der Waals surface area contributed by atoms with Crippen molar-refractivity contribution in [3.63, 3.8) is 0 Å². The Morgan fingerprint density at radius 1 is 1.04 bits per heavy atom. The maximum absolute atomic E-state index is 13.5. The molecule has 0 aliphatic carbocycles. The number of ketones is 1. The molecule has 0 bridgehead atoms. The van der Waals surface area contributed by atoms with Crippen molar-refractivity contribution in [1.29, 1.82) is 0 Å². The molecule has 3 rings (SSSR count). The van der Waals surface area contributed by atoms with Crippen molar-refractivity contribution in [3.05, 3.63) is 65.2 Å². The van der Waals surface area contributed by atoms with Crippen LogP contribution in [-0.4, -0.2) is 22.1 Å². The van der Waals surface area contributed by atoms with Crippen LogP contribution in [-0.2, 0) is 16.0 Å². The van der Waals surface area contributed by atoms with Gasteiger partial charge in [0.2, 0.25) is 0 Å². The molecule has 28 heavy (non-hydrogen) atoms. The van der Waals surface area contributed by atoms with E-state index in [-0.39, 0.29) is 17.1 Å². The summed E-state index contributed by atoms with van der Waals surface area (Å²) in [4.78, 5) is 13.1. The van der Waals surface area contributed by atoms with Gasteiger partial charge in [-0.25, -0.2) is 4.39 Å². The average molecular weight is 384 g/mol. The summed E-state index contributed by atoms with van der Waals surface area (Å²) in [6, 6.07) is 11.2. The van der Waals surface area contributed by atoms with E-state index < -0.39 is 17.0 Å². The third-order valence-corrected chi connectivity index (χ3v) is 4.85. The smallest absolute Gasteiger partial charge is 0.198 e. The number of ether oxygens (including phenoxy) is 2. The van der Waals surface area contributed by atoms with E-state index in [0.717, 1.165) is 5.56 Å². The normalized spacial score (nSPS) is 18.3. The highest BCUT2D eigenvalue weighted by atomic mass is 19.1. The van der Waals surface area contributed by atoms with Gasteiger partial charge in [0.1, 0.15) is 34.3 Å². The number of aliphatic hydroxyl groups is 1. The molecular weight excluding hydrogens is 359 g/mol. The van der Waals surface area contributed by atoms with E-state index in [4.69, 9.17) is 9.47 Å². The van der Waals surface area contributed by atoms with Gasteiger partial charge in [-0.3, -0.25) is 4.79 Å². The molecule has 0 aromatic heterocycles. The summed E-state index contributed by atoms with van der Waals surface area (Å²) in [7, 11) is 0. The van der Waals surface area contributed by atoms with E-state index in [1.807, 2.05) is 13.0 Å². The Hall–Kier alpha value is -2.66. The van der Waals surface area contributed by atoms with Gasteiger partial charge >= 0.3 is 0 Å². The number of benzene rings is 2. The molecule has 0 spiro atoms. The summed E-state index contributed by atoms with van der Waals surface area (Å²) in [5, 5.41) is 10.8. The lowest BCUT2D eigenvalue weighted by atomic mass is 9.81. The lowest BCUT2D eigenvalue weighted by Crippen LogP contribution is -2.49. The fraction of sp³-hybridized carbons (Fsp3) is 0.348. The average Bonchev–Trinajstić information content (AvgIpc) is 2.60. The predicted molar refractivity (Wildman–Crippen MR) is 106 cm³/mol. The quantitative estimate of drug-likeness (QED) is 0.745. The minimum Gasteiger partial charge on any atom is -0.508 e. The largest absolute Gasteiger partial charge is 0.508 e. The van der Waals surface area contributed by atoms with Crippen molar-refractivity contribution >= 4 is 11.4 Å². The molecule has 2 aromatic rings. The molecule has 1 aliphatic heterocycles. The lowest BCUT2D eigenvalue weighted by molar-refractivity contribution is -0.158. The molecule has 0 saturated carbocycles. The third kappa shape index (κ3) is 3.67. The van der Waals surface area contributed by atoms with E-state index >= 15 is 0 Å². The van der Waals surface area contributed by atoms with E-state index in [0.29, 0.717) is 23.5 Å². The van der Waals surface area contributed by atoms with Gasteiger partial charge in [-0.15, -0.1) is 0 Å². The third-order valence-electron chi connectivity index (χ3n) is 4.85. The standard InChI is InChI=1S/C23H25FO4/c1-6-14-10-11-17(27-16-9-7-8-15(24)12-16)13-18(14)19-20(25)22(2,3)28-23(4,5)21(19)26/h7-13,25H,6H2,1-5H3. The van der Waals surface area contributed by atoms with Crippen LogP contribution in [0.1, 0.15) is 45.7 Å². The minimum atomic E-state index is -1.07. The summed E-state index contributed by atoms with van der Waals surface area (Å²) < 4.78 is 25.1. The van der Waals surface area contributed by atoms with Crippen LogP contribution < -0.4 is 4.74 Å². The molecule has 1 N–H and O–H groups in total. The number of carbonyl (C=O) groups excluding carboxylic acids is 1. The van der Waals surface area contributed by atoms with E-state index in [9.17, 15) is 14.3 Å². The van der Waals surface area contributed by atoms with Crippen LogP contribution in [0.15, 0.2) is 48.2 Å². The van der Waals surface area contributed by atoms with Crippen LogP contribution in [0.4, 0.5) is 4.39 Å². The number of carbonyl (C=O) groups is 1. The second-order valence-electron chi connectivity index (χ2n) is 7.91. The van der Waals surface area contributed by atoms with Crippen LogP contribution in [0.2, 0.25) is 0 Å². The van der Waals surface area contributed by atoms with Gasteiger partial charge in [-0.1, -0.05) is 19.1 Å². The zero-order chi connectivity index (χ0) is 20.7. The zero-order valence-electron chi connectivity index (χ0n) is 16.8. The van der Waals surface area contributed by atoms with Crippen molar-refractivity contribution < 1.29 is 23.8 Å². The molecule has 0 fully saturated rings. The Balaban J connectivity index is 2.13. The second-order valence-corrected chi connectivity index (χ2v) is 7.91. The van der Waals surface area contributed by atoms with Gasteiger partial charge < -0.3 is 14.6 Å². The van der Waals surface area contributed by atoms with Gasteiger partial charge in [0.15, 0.2) is 5.78 Å². The predicted octanol–water partition coefficient (Wildman–Crippen LogP) is 5.61. The molecule has 0 saturated heterocycles. The van der Waals surface area contributed by atoms with Crippen LogP contribution in [0.3, 0.4) is 0 Å². The number of halogens is 1. The minimum absolute atomic E-state index is 0.102. The summed E-state index contributed by atoms with van der Waals surface area (Å²) in [5.41, 5.74) is -0.340. The molecule has 1 heterocycles. The van der Waals surface area contributed by atoms with Gasteiger partial charge in [0, 0.05) is 6.07 Å². The van der Waals surface area contributed by atoms with Crippen molar-refractivity contribution in [1.82, 2.24) is 0 Å². The molecule has 4 nitrogen and oxygen atoms in total. The van der Waals surface area contributed by atoms with Crippen LogP contribution >= 0.6 is 0 Å². The summed E-state index contributed by atoms with van der Waals surface area (Å²) in [6.07, 6.45) is 0.668. The number of hydrogen-bond acceptors (Lipinski definition) is 4. The monoisotopic (exact) mass is 384 g/mol. The fourth-order valence-electron chi connectivity index (χ4n) is 3.52. The molecule has 148 valence electrons.